The minimum atomic E-state index is 0.573. The summed E-state index contributed by atoms with van der Waals surface area (Å²) in [7, 11) is 2.27. The van der Waals surface area contributed by atoms with Crippen LogP contribution in [-0.4, -0.2) is 43.0 Å². The van der Waals surface area contributed by atoms with Crippen LogP contribution in [0.2, 0.25) is 0 Å². The van der Waals surface area contributed by atoms with Gasteiger partial charge in [0.1, 0.15) is 0 Å². The van der Waals surface area contributed by atoms with Gasteiger partial charge in [-0.05, 0) is 83.6 Å². The largest absolute Gasteiger partial charge is 0.306 e. The zero-order valence-electron chi connectivity index (χ0n) is 16.5. The maximum Gasteiger partial charge on any atom is 0.0666 e. The van der Waals surface area contributed by atoms with Gasteiger partial charge in [-0.15, -0.1) is 0 Å². The van der Waals surface area contributed by atoms with Crippen molar-refractivity contribution in [1.82, 2.24) is 4.90 Å². The van der Waals surface area contributed by atoms with Gasteiger partial charge in [-0.25, -0.2) is 0 Å². The summed E-state index contributed by atoms with van der Waals surface area (Å²) in [5, 5.41) is 0. The third-order valence-electron chi connectivity index (χ3n) is 6.47. The minimum Gasteiger partial charge on any atom is -0.306 e. The first-order chi connectivity index (χ1) is 12.7. The molecule has 0 saturated carbocycles. The molecule has 0 amide bonds. The zero-order chi connectivity index (χ0) is 17.9. The summed E-state index contributed by atoms with van der Waals surface area (Å²) in [6, 6.07) is 6.81. The van der Waals surface area contributed by atoms with Crippen LogP contribution in [-0.2, 0) is 6.42 Å². The fourth-order valence-corrected chi connectivity index (χ4v) is 4.89. The van der Waals surface area contributed by atoms with Gasteiger partial charge < -0.3 is 4.90 Å². The number of nitrogens with zero attached hydrogens (tertiary/aromatic N) is 3. The molecule has 1 aromatic carbocycles. The van der Waals surface area contributed by atoms with Gasteiger partial charge >= 0.3 is 0 Å². The van der Waals surface area contributed by atoms with Crippen LogP contribution in [0.5, 0.6) is 0 Å². The third-order valence-corrected chi connectivity index (χ3v) is 6.47. The summed E-state index contributed by atoms with van der Waals surface area (Å²) in [6.45, 7) is 5.62. The van der Waals surface area contributed by atoms with E-state index in [0.29, 0.717) is 11.8 Å². The van der Waals surface area contributed by atoms with Gasteiger partial charge in [0.05, 0.1) is 17.1 Å². The van der Waals surface area contributed by atoms with Gasteiger partial charge in [0, 0.05) is 18.4 Å². The van der Waals surface area contributed by atoms with Crippen molar-refractivity contribution in [2.75, 3.05) is 26.7 Å². The van der Waals surface area contributed by atoms with Crippen LogP contribution < -0.4 is 0 Å². The van der Waals surface area contributed by atoms with E-state index in [-0.39, 0.29) is 0 Å². The Kier molecular flexibility index (Phi) is 5.54. The molecule has 3 aliphatic heterocycles. The maximum atomic E-state index is 5.31. The molecule has 3 heterocycles. The number of likely N-dealkylation sites (tertiary alicyclic amines) is 1. The third kappa shape index (κ3) is 3.93. The second-order valence-electron chi connectivity index (χ2n) is 8.56. The van der Waals surface area contributed by atoms with E-state index in [9.17, 15) is 0 Å². The molecule has 1 saturated heterocycles. The van der Waals surface area contributed by atoms with Crippen LogP contribution in [0.4, 0.5) is 5.69 Å². The van der Waals surface area contributed by atoms with E-state index >= 15 is 0 Å². The van der Waals surface area contributed by atoms with Crippen molar-refractivity contribution in [2.24, 2.45) is 21.8 Å². The van der Waals surface area contributed by atoms with Crippen molar-refractivity contribution in [1.29, 1.82) is 0 Å². The fourth-order valence-electron chi connectivity index (χ4n) is 4.89. The topological polar surface area (TPSA) is 28.0 Å². The van der Waals surface area contributed by atoms with Gasteiger partial charge in [-0.3, -0.25) is 9.98 Å². The number of aliphatic imine (C=N–C) groups is 2. The average molecular weight is 352 g/mol. The lowest BCUT2D eigenvalue weighted by molar-refractivity contribution is 0.282. The summed E-state index contributed by atoms with van der Waals surface area (Å²) in [6.07, 6.45) is 10.0. The van der Waals surface area contributed by atoms with Gasteiger partial charge in [-0.1, -0.05) is 24.1 Å². The van der Waals surface area contributed by atoms with Gasteiger partial charge in [0.15, 0.2) is 0 Å². The average Bonchev–Trinajstić information content (AvgIpc) is 2.62. The number of aryl methyl sites for hydroxylation is 2. The fraction of sp³-hybridized carbons (Fsp3) is 0.652. The standard InChI is InChI=1S/C23H33N3/c1-17-8-11-21-20(16-17)10-9-18-7-5-13-24-22(18)23(25-21)19-6-3-4-14-26(2)15-12-19/h8,11,16,18-19H,3-7,9-10,12-15H2,1-2H3. The molecule has 2 unspecified atom stereocenters. The highest BCUT2D eigenvalue weighted by Gasteiger charge is 2.31. The molecular weight excluding hydrogens is 318 g/mol. The Bertz CT molecular complexity index is 703. The van der Waals surface area contributed by atoms with Crippen LogP contribution in [0.25, 0.3) is 0 Å². The molecule has 4 rings (SSSR count). The predicted octanol–water partition coefficient (Wildman–Crippen LogP) is 4.99. The molecular formula is C23H33N3. The molecule has 26 heavy (non-hydrogen) atoms. The molecule has 3 nitrogen and oxygen atoms in total. The number of hydrogen-bond donors (Lipinski definition) is 0. The number of fused-ring (bicyclic) bond motifs is 2. The zero-order valence-corrected chi connectivity index (χ0v) is 16.5. The summed E-state index contributed by atoms with van der Waals surface area (Å²) in [5.41, 5.74) is 6.71. The van der Waals surface area contributed by atoms with Crippen molar-refractivity contribution < 1.29 is 0 Å². The van der Waals surface area contributed by atoms with Crippen molar-refractivity contribution in [3.05, 3.63) is 29.3 Å². The molecule has 0 spiro atoms. The number of rotatable bonds is 1. The van der Waals surface area contributed by atoms with Crippen LogP contribution >= 0.6 is 0 Å². The van der Waals surface area contributed by atoms with E-state index in [2.05, 4.69) is 37.1 Å². The van der Waals surface area contributed by atoms with Crippen molar-refractivity contribution >= 4 is 17.1 Å². The van der Waals surface area contributed by atoms with Gasteiger partial charge in [-0.2, -0.15) is 0 Å². The molecule has 0 bridgehead atoms. The van der Waals surface area contributed by atoms with E-state index in [1.165, 1.54) is 86.3 Å². The first-order valence-corrected chi connectivity index (χ1v) is 10.6. The number of benzene rings is 1. The molecule has 1 aromatic rings. The van der Waals surface area contributed by atoms with E-state index in [4.69, 9.17) is 9.98 Å². The van der Waals surface area contributed by atoms with E-state index in [1.807, 2.05) is 0 Å². The van der Waals surface area contributed by atoms with Crippen LogP contribution in [0, 0.1) is 18.8 Å². The Morgan fingerprint density at radius 3 is 2.69 bits per heavy atom. The molecule has 140 valence electrons. The maximum absolute atomic E-state index is 5.31. The molecule has 0 radical (unpaired) electrons. The summed E-state index contributed by atoms with van der Waals surface area (Å²) >= 11 is 0. The van der Waals surface area contributed by atoms with Crippen LogP contribution in [0.3, 0.4) is 0 Å². The second-order valence-corrected chi connectivity index (χ2v) is 8.56. The highest BCUT2D eigenvalue weighted by Crippen LogP contribution is 2.33. The molecule has 3 aliphatic rings. The Morgan fingerprint density at radius 1 is 0.923 bits per heavy atom. The monoisotopic (exact) mass is 351 g/mol. The second kappa shape index (κ2) is 8.04. The Hall–Kier alpha value is -1.48. The quantitative estimate of drug-likeness (QED) is 0.701. The minimum absolute atomic E-state index is 0.573. The lowest BCUT2D eigenvalue weighted by Gasteiger charge is -2.32. The molecule has 3 heteroatoms. The highest BCUT2D eigenvalue weighted by atomic mass is 15.1. The van der Waals surface area contributed by atoms with E-state index in [1.54, 1.807) is 0 Å². The first-order valence-electron chi connectivity index (χ1n) is 10.6. The lowest BCUT2D eigenvalue weighted by Crippen LogP contribution is -2.36. The van der Waals surface area contributed by atoms with E-state index in [0.717, 1.165) is 13.0 Å². The van der Waals surface area contributed by atoms with Gasteiger partial charge in [0.2, 0.25) is 0 Å². The Morgan fingerprint density at radius 2 is 1.77 bits per heavy atom. The highest BCUT2D eigenvalue weighted by molar-refractivity contribution is 6.44. The molecule has 1 fully saturated rings. The summed E-state index contributed by atoms with van der Waals surface area (Å²) < 4.78 is 0. The van der Waals surface area contributed by atoms with E-state index < -0.39 is 0 Å². The van der Waals surface area contributed by atoms with Crippen molar-refractivity contribution in [3.63, 3.8) is 0 Å². The predicted molar refractivity (Wildman–Crippen MR) is 111 cm³/mol. The SMILES string of the molecule is Cc1ccc2c(c1)CCC1CCCN=C1C(C1CCCCN(C)CC1)=N2. The molecule has 0 aliphatic carbocycles. The van der Waals surface area contributed by atoms with Crippen LogP contribution in [0.15, 0.2) is 28.2 Å². The smallest absolute Gasteiger partial charge is 0.0666 e. The Balaban J connectivity index is 1.74. The molecule has 0 N–H and O–H groups in total. The summed E-state index contributed by atoms with van der Waals surface area (Å²) in [5.74, 6) is 1.20. The van der Waals surface area contributed by atoms with Crippen LogP contribution in [0.1, 0.15) is 56.1 Å². The van der Waals surface area contributed by atoms with Crippen molar-refractivity contribution in [2.45, 2.75) is 58.3 Å². The number of hydrogen-bond acceptors (Lipinski definition) is 3. The van der Waals surface area contributed by atoms with Crippen molar-refractivity contribution in [3.8, 4) is 0 Å². The molecule has 2 atom stereocenters. The normalized spacial score (nSPS) is 27.8. The lowest BCUT2D eigenvalue weighted by atomic mass is 9.79. The first kappa shape index (κ1) is 17.9. The summed E-state index contributed by atoms with van der Waals surface area (Å²) in [4.78, 5) is 12.9. The molecule has 0 aromatic heterocycles. The van der Waals surface area contributed by atoms with Gasteiger partial charge in [0.25, 0.3) is 0 Å². The Labute approximate surface area is 158 Å².